The fourth-order valence-corrected chi connectivity index (χ4v) is 2.21. The highest BCUT2D eigenvalue weighted by atomic mass is 35.5. The van der Waals surface area contributed by atoms with Crippen molar-refractivity contribution in [1.82, 2.24) is 9.78 Å². The van der Waals surface area contributed by atoms with E-state index < -0.39 is 11.7 Å². The molecule has 0 spiro atoms. The SMILES string of the molecule is [15N]#[13C]c1c[13c]([15NH2])n(-c2c(Cl)cc(C(F)(F)F)cc2Cl)n1. The Balaban J connectivity index is 2.64. The number of nitriles is 1. The van der Waals surface area contributed by atoms with Gasteiger partial charge in [0.25, 0.3) is 0 Å². The molecule has 0 fully saturated rings. The van der Waals surface area contributed by atoms with E-state index in [9.17, 15) is 13.2 Å². The van der Waals surface area contributed by atoms with Crippen LogP contribution < -0.4 is 5.73 Å². The number of nitrogen functional groups attached to an aromatic ring is 1. The Morgan fingerprint density at radius 2 is 1.75 bits per heavy atom. The predicted octanol–water partition coefficient (Wildman–Crippen LogP) is 3.65. The minimum atomic E-state index is -4.57. The van der Waals surface area contributed by atoms with Crippen LogP contribution in [0.2, 0.25) is 10.0 Å². The second-order valence-electron chi connectivity index (χ2n) is 3.76. The number of aromatic nitrogens is 2. The van der Waals surface area contributed by atoms with E-state index in [0.717, 1.165) is 16.8 Å². The molecule has 0 amide bonds. The quantitative estimate of drug-likeness (QED) is 0.643. The first-order valence-electron chi connectivity index (χ1n) is 5.06. The average Bonchev–Trinajstić information content (AvgIpc) is 2.69. The van der Waals surface area contributed by atoms with Crippen LogP contribution in [0.4, 0.5) is 19.0 Å². The molecule has 1 aromatic heterocycles. The lowest BCUT2D eigenvalue weighted by atomic mass is 10.2. The Morgan fingerprint density at radius 3 is 2.15 bits per heavy atom. The van der Waals surface area contributed by atoms with Crippen LogP contribution in [0.3, 0.4) is 0 Å². The van der Waals surface area contributed by atoms with Crippen molar-refractivity contribution >= 4 is 29.0 Å². The van der Waals surface area contributed by atoms with Crippen molar-refractivity contribution in [3.8, 4) is 11.8 Å². The summed E-state index contributed by atoms with van der Waals surface area (Å²) >= 11 is 11.6. The van der Waals surface area contributed by atoms with Gasteiger partial charge in [-0.3, -0.25) is 0 Å². The summed E-state index contributed by atoms with van der Waals surface area (Å²) < 4.78 is 38.9. The van der Waals surface area contributed by atoms with E-state index in [2.05, 4.69) is 5.10 Å². The summed E-state index contributed by atoms with van der Waals surface area (Å²) in [6, 6.07) is 4.45. The van der Waals surface area contributed by atoms with E-state index in [0.29, 0.717) is 0 Å². The molecule has 1 aromatic carbocycles. The first-order valence-corrected chi connectivity index (χ1v) is 5.82. The molecule has 0 saturated carbocycles. The van der Waals surface area contributed by atoms with Crippen molar-refractivity contribution in [3.05, 3.63) is 39.5 Å². The van der Waals surface area contributed by atoms with Crippen molar-refractivity contribution in [3.63, 3.8) is 0 Å². The molecule has 104 valence electrons. The molecule has 0 saturated heterocycles. The number of alkyl halides is 3. The molecule has 2 aromatic rings. The predicted molar refractivity (Wildman–Crippen MR) is 67.7 cm³/mol. The largest absolute Gasteiger partial charge is 0.416 e. The highest BCUT2D eigenvalue weighted by molar-refractivity contribution is 6.37. The fourth-order valence-electron chi connectivity index (χ4n) is 1.56. The molecule has 0 aliphatic rings. The molecule has 0 unspecified atom stereocenters. The number of nitrogens with zero attached hydrogens (tertiary/aromatic N) is 3. The average molecular weight is 325 g/mol. The molecular formula is C11H5Cl2F3N4. The summed E-state index contributed by atoms with van der Waals surface area (Å²) in [6.45, 7) is 0. The highest BCUT2D eigenvalue weighted by Gasteiger charge is 2.32. The summed E-state index contributed by atoms with van der Waals surface area (Å²) in [5.41, 5.74) is 4.62. The van der Waals surface area contributed by atoms with Crippen LogP contribution >= 0.6 is 23.2 Å². The Hall–Kier alpha value is -1.91. The fraction of sp³-hybridized carbons (Fsp3) is 0.0909. The monoisotopic (exact) mass is 324 g/mol. The molecule has 2 rings (SSSR count). The molecular weight excluding hydrogens is 320 g/mol. The Labute approximate surface area is 121 Å². The van der Waals surface area contributed by atoms with Crippen LogP contribution in [-0.4, -0.2) is 9.78 Å². The Kier molecular flexibility index (Phi) is 3.54. The van der Waals surface area contributed by atoms with E-state index in [4.69, 9.17) is 34.2 Å². The van der Waals surface area contributed by atoms with Gasteiger partial charge in [0, 0.05) is 6.07 Å². The Bertz CT molecular complexity index is 692. The summed E-state index contributed by atoms with van der Waals surface area (Å²) in [5.74, 6) is 0.0325. The van der Waals surface area contributed by atoms with Crippen LogP contribution in [0.25, 0.3) is 5.69 Å². The second kappa shape index (κ2) is 4.89. The van der Waals surface area contributed by atoms with E-state index in [1.165, 1.54) is 6.07 Å². The number of halogens is 5. The summed E-state index contributed by atoms with van der Waals surface area (Å²) in [7, 11) is 0. The maximum absolute atomic E-state index is 12.6. The molecule has 4 nitrogen and oxygen atoms in total. The number of rotatable bonds is 1. The van der Waals surface area contributed by atoms with Crippen LogP contribution in [0.15, 0.2) is 18.2 Å². The van der Waals surface area contributed by atoms with Gasteiger partial charge in [0.15, 0.2) is 5.69 Å². The van der Waals surface area contributed by atoms with Gasteiger partial charge in [-0.25, -0.2) is 4.68 Å². The van der Waals surface area contributed by atoms with Crippen molar-refractivity contribution in [2.24, 2.45) is 0 Å². The summed E-state index contributed by atoms with van der Waals surface area (Å²) in [5, 5.41) is 12.0. The molecule has 20 heavy (non-hydrogen) atoms. The number of anilines is 1. The molecule has 2 N–H and O–H groups in total. The van der Waals surface area contributed by atoms with E-state index in [1.54, 1.807) is 6.07 Å². The first-order chi connectivity index (χ1) is 9.24. The van der Waals surface area contributed by atoms with Gasteiger partial charge in [0.1, 0.15) is 17.6 Å². The highest BCUT2D eigenvalue weighted by Crippen LogP contribution is 2.37. The standard InChI is InChI=1S/C11H5Cl2F3N4/c12-7-1-5(11(14,15)16)2-8(13)10(7)20-9(18)3-6(4-17)19-20/h1-3H,18H2/i4+1,9+1,17+1,18+1. The summed E-state index contributed by atoms with van der Waals surface area (Å²) in [4.78, 5) is 0. The van der Waals surface area contributed by atoms with Gasteiger partial charge in [0.05, 0.1) is 15.6 Å². The van der Waals surface area contributed by atoms with Gasteiger partial charge in [-0.05, 0) is 12.1 Å². The lowest BCUT2D eigenvalue weighted by Gasteiger charge is -2.13. The minimum absolute atomic E-state index is 0.00506. The zero-order valence-electron chi connectivity index (χ0n) is 9.54. The van der Waals surface area contributed by atoms with Gasteiger partial charge < -0.3 is 5.73 Å². The van der Waals surface area contributed by atoms with E-state index in [1.807, 2.05) is 0 Å². The smallest absolute Gasteiger partial charge is 0.384 e. The van der Waals surface area contributed by atoms with Crippen molar-refractivity contribution in [2.75, 3.05) is 5.73 Å². The van der Waals surface area contributed by atoms with Crippen LogP contribution in [-0.2, 0) is 6.18 Å². The number of hydrogen-bond acceptors (Lipinski definition) is 3. The van der Waals surface area contributed by atoms with Gasteiger partial charge >= 0.3 is 6.18 Å². The maximum Gasteiger partial charge on any atom is 0.416 e. The topological polar surface area (TPSA) is 67.6 Å². The number of hydrogen-bond donors (Lipinski definition) is 1. The van der Waals surface area contributed by atoms with Crippen molar-refractivity contribution in [1.29, 1.82) is 5.26 Å². The lowest BCUT2D eigenvalue weighted by Crippen LogP contribution is -2.08. The number of nitrogens with two attached hydrogens (primary N) is 1. The first kappa shape index (κ1) is 14.5. The van der Waals surface area contributed by atoms with Crippen molar-refractivity contribution < 1.29 is 13.2 Å². The van der Waals surface area contributed by atoms with Crippen LogP contribution in [0.5, 0.6) is 0 Å². The van der Waals surface area contributed by atoms with Crippen molar-refractivity contribution in [2.45, 2.75) is 6.18 Å². The molecule has 0 atom stereocenters. The van der Waals surface area contributed by atoms with Crippen LogP contribution in [0, 0.1) is 11.3 Å². The normalized spacial score (nSPS) is 11.4. The zero-order valence-corrected chi connectivity index (χ0v) is 11.1. The maximum atomic E-state index is 12.6. The second-order valence-corrected chi connectivity index (χ2v) is 4.58. The van der Waals surface area contributed by atoms with E-state index in [-0.39, 0.29) is 27.2 Å². The number of benzene rings is 1. The molecule has 0 aliphatic heterocycles. The molecule has 0 radical (unpaired) electrons. The third kappa shape index (κ3) is 2.53. The molecule has 0 aliphatic carbocycles. The minimum Gasteiger partial charge on any atom is -0.384 e. The van der Waals surface area contributed by atoms with Gasteiger partial charge in [0.2, 0.25) is 0 Å². The Morgan fingerprint density at radius 1 is 1.20 bits per heavy atom. The van der Waals surface area contributed by atoms with Crippen LogP contribution in [0.1, 0.15) is 11.3 Å². The van der Waals surface area contributed by atoms with Gasteiger partial charge in [-0.2, -0.15) is 23.5 Å². The van der Waals surface area contributed by atoms with Gasteiger partial charge in [-0.1, -0.05) is 23.2 Å². The molecule has 0 bridgehead atoms. The molecule has 1 heterocycles. The summed E-state index contributed by atoms with van der Waals surface area (Å²) in [6.07, 6.45) is -4.57. The van der Waals surface area contributed by atoms with Gasteiger partial charge in [-0.15, -0.1) is 0 Å². The van der Waals surface area contributed by atoms with E-state index >= 15 is 0 Å². The zero-order chi connectivity index (χ0) is 15.1. The third-order valence-electron chi connectivity index (χ3n) is 2.41. The molecule has 9 heteroatoms. The lowest BCUT2D eigenvalue weighted by molar-refractivity contribution is -0.137. The third-order valence-corrected chi connectivity index (χ3v) is 2.98.